The van der Waals surface area contributed by atoms with Crippen molar-refractivity contribution in [3.05, 3.63) is 24.0 Å². The molecule has 0 aliphatic carbocycles. The number of halogens is 4. The van der Waals surface area contributed by atoms with Crippen molar-refractivity contribution in [3.8, 4) is 0 Å². The first kappa shape index (κ1) is 15.4. The Balaban J connectivity index is 2.54. The number of alkyl halides is 3. The molecule has 0 atom stereocenters. The van der Waals surface area contributed by atoms with Gasteiger partial charge in [0.15, 0.2) is 0 Å². The van der Waals surface area contributed by atoms with Gasteiger partial charge in [-0.15, -0.1) is 0 Å². The number of benzene rings is 1. The van der Waals surface area contributed by atoms with E-state index in [0.29, 0.717) is 30.7 Å². The van der Waals surface area contributed by atoms with Gasteiger partial charge in [0.25, 0.3) is 9.84 Å². The minimum Gasteiger partial charge on any atom is -0.369 e. The van der Waals surface area contributed by atoms with Crippen LogP contribution < -0.4 is 4.90 Å². The Morgan fingerprint density at radius 3 is 2.30 bits per heavy atom. The molecule has 1 saturated heterocycles. The number of anilines is 1. The molecule has 1 aromatic rings. The summed E-state index contributed by atoms with van der Waals surface area (Å²) in [6, 6.07) is 2.48. The standard InChI is InChI=1S/C11H11F4NO2S2/c12-8-1-2-9(16-3-5-19-6-4-16)10(7-8)20(17,18)11(13,14)15/h1-2,7H,3-6H2. The van der Waals surface area contributed by atoms with Crippen molar-refractivity contribution < 1.29 is 26.0 Å². The average Bonchev–Trinajstić information content (AvgIpc) is 2.38. The van der Waals surface area contributed by atoms with Crippen LogP contribution in [-0.4, -0.2) is 38.5 Å². The number of hydrogen-bond acceptors (Lipinski definition) is 4. The van der Waals surface area contributed by atoms with E-state index in [1.54, 1.807) is 11.8 Å². The smallest absolute Gasteiger partial charge is 0.369 e. The van der Waals surface area contributed by atoms with Gasteiger partial charge < -0.3 is 4.90 Å². The first-order valence-electron chi connectivity index (χ1n) is 5.67. The molecule has 1 fully saturated rings. The van der Waals surface area contributed by atoms with Gasteiger partial charge in [-0.2, -0.15) is 24.9 Å². The molecule has 0 amide bonds. The lowest BCUT2D eigenvalue weighted by Gasteiger charge is -2.30. The van der Waals surface area contributed by atoms with Gasteiger partial charge >= 0.3 is 5.51 Å². The van der Waals surface area contributed by atoms with Gasteiger partial charge in [-0.1, -0.05) is 0 Å². The molecule has 1 heterocycles. The molecule has 1 aliphatic heterocycles. The lowest BCUT2D eigenvalue weighted by molar-refractivity contribution is -0.0435. The van der Waals surface area contributed by atoms with Crippen LogP contribution in [0.1, 0.15) is 0 Å². The number of rotatable bonds is 2. The van der Waals surface area contributed by atoms with Gasteiger partial charge in [0, 0.05) is 24.6 Å². The molecular weight excluding hydrogens is 318 g/mol. The Bertz CT molecular complexity index is 595. The summed E-state index contributed by atoms with van der Waals surface area (Å²) < 4.78 is 74.3. The summed E-state index contributed by atoms with van der Waals surface area (Å²) in [6.45, 7) is 0.855. The van der Waals surface area contributed by atoms with Gasteiger partial charge in [-0.3, -0.25) is 0 Å². The van der Waals surface area contributed by atoms with Crippen LogP contribution in [0.15, 0.2) is 23.1 Å². The van der Waals surface area contributed by atoms with Crippen LogP contribution in [0.4, 0.5) is 23.2 Å². The summed E-state index contributed by atoms with van der Waals surface area (Å²) >= 11 is 1.63. The van der Waals surface area contributed by atoms with Crippen molar-refractivity contribution in [3.63, 3.8) is 0 Å². The Labute approximate surface area is 117 Å². The molecule has 1 aliphatic rings. The van der Waals surface area contributed by atoms with E-state index in [4.69, 9.17) is 0 Å². The van der Waals surface area contributed by atoms with E-state index in [9.17, 15) is 26.0 Å². The quantitative estimate of drug-likeness (QED) is 0.782. The summed E-state index contributed by atoms with van der Waals surface area (Å²) in [5.74, 6) is 0.356. The molecule has 9 heteroatoms. The van der Waals surface area contributed by atoms with E-state index < -0.39 is 26.1 Å². The maximum absolute atomic E-state index is 13.2. The van der Waals surface area contributed by atoms with Gasteiger partial charge in [0.2, 0.25) is 0 Å². The zero-order chi connectivity index (χ0) is 15.0. The lowest BCUT2D eigenvalue weighted by Crippen LogP contribution is -2.34. The van der Waals surface area contributed by atoms with Crippen molar-refractivity contribution in [2.24, 2.45) is 0 Å². The maximum Gasteiger partial charge on any atom is 0.501 e. The van der Waals surface area contributed by atoms with E-state index in [0.717, 1.165) is 12.1 Å². The van der Waals surface area contributed by atoms with Crippen LogP contribution in [0.3, 0.4) is 0 Å². The summed E-state index contributed by atoms with van der Waals surface area (Å²) in [5, 5.41) is 0. The van der Waals surface area contributed by atoms with Gasteiger partial charge in [-0.25, -0.2) is 12.8 Å². The minimum absolute atomic E-state index is 0.0935. The second kappa shape index (κ2) is 5.44. The van der Waals surface area contributed by atoms with Gasteiger partial charge in [0.1, 0.15) is 10.7 Å². The molecule has 0 spiro atoms. The highest BCUT2D eigenvalue weighted by Gasteiger charge is 2.48. The third-order valence-corrected chi connectivity index (χ3v) is 5.33. The fourth-order valence-corrected chi connectivity index (χ4v) is 3.79. The molecule has 20 heavy (non-hydrogen) atoms. The fraction of sp³-hybridized carbons (Fsp3) is 0.455. The van der Waals surface area contributed by atoms with Crippen LogP contribution in [0.25, 0.3) is 0 Å². The summed E-state index contributed by atoms with van der Waals surface area (Å²) in [6.07, 6.45) is 0. The highest BCUT2D eigenvalue weighted by molar-refractivity contribution is 7.99. The first-order valence-corrected chi connectivity index (χ1v) is 8.31. The van der Waals surface area contributed by atoms with E-state index >= 15 is 0 Å². The van der Waals surface area contributed by atoms with Crippen LogP contribution in [0.2, 0.25) is 0 Å². The van der Waals surface area contributed by atoms with E-state index in [-0.39, 0.29) is 5.69 Å². The van der Waals surface area contributed by atoms with Crippen molar-refractivity contribution in [2.75, 3.05) is 29.5 Å². The molecule has 0 bridgehead atoms. The number of thioether (sulfide) groups is 1. The molecule has 112 valence electrons. The van der Waals surface area contributed by atoms with Gasteiger partial charge in [-0.05, 0) is 18.2 Å². The normalized spacial score (nSPS) is 17.3. The Hall–Kier alpha value is -0.960. The number of hydrogen-bond donors (Lipinski definition) is 0. The molecule has 0 unspecified atom stereocenters. The largest absolute Gasteiger partial charge is 0.501 e. The van der Waals surface area contributed by atoms with Crippen molar-refractivity contribution in [1.29, 1.82) is 0 Å². The fourth-order valence-electron chi connectivity index (χ4n) is 1.89. The number of nitrogens with zero attached hydrogens (tertiary/aromatic N) is 1. The monoisotopic (exact) mass is 329 g/mol. The predicted molar refractivity (Wildman–Crippen MR) is 69.2 cm³/mol. The molecule has 0 aromatic heterocycles. The SMILES string of the molecule is O=S(=O)(c1cc(F)ccc1N1CCSCC1)C(F)(F)F. The number of sulfone groups is 1. The predicted octanol–water partition coefficient (Wildman–Crippen LogP) is 2.67. The lowest BCUT2D eigenvalue weighted by atomic mass is 10.2. The van der Waals surface area contributed by atoms with Crippen LogP contribution in [0.5, 0.6) is 0 Å². The summed E-state index contributed by atoms with van der Waals surface area (Å²) in [7, 11) is -5.57. The van der Waals surface area contributed by atoms with E-state index in [2.05, 4.69) is 0 Å². The van der Waals surface area contributed by atoms with Crippen LogP contribution >= 0.6 is 11.8 Å². The molecular formula is C11H11F4NO2S2. The van der Waals surface area contributed by atoms with E-state index in [1.807, 2.05) is 0 Å². The summed E-state index contributed by atoms with van der Waals surface area (Å²) in [4.78, 5) is 0.520. The molecule has 0 radical (unpaired) electrons. The van der Waals surface area contributed by atoms with E-state index in [1.165, 1.54) is 4.90 Å². The molecule has 3 nitrogen and oxygen atoms in total. The Kier molecular flexibility index (Phi) is 4.19. The minimum atomic E-state index is -5.57. The third-order valence-electron chi connectivity index (χ3n) is 2.87. The van der Waals surface area contributed by atoms with Crippen molar-refractivity contribution in [2.45, 2.75) is 10.4 Å². The maximum atomic E-state index is 13.2. The van der Waals surface area contributed by atoms with Crippen molar-refractivity contribution >= 4 is 27.3 Å². The Morgan fingerprint density at radius 1 is 1.15 bits per heavy atom. The topological polar surface area (TPSA) is 37.4 Å². The first-order chi connectivity index (χ1) is 9.23. The zero-order valence-electron chi connectivity index (χ0n) is 10.2. The third kappa shape index (κ3) is 2.88. The highest BCUT2D eigenvalue weighted by atomic mass is 32.2. The molecule has 0 saturated carbocycles. The average molecular weight is 329 g/mol. The summed E-state index contributed by atoms with van der Waals surface area (Å²) in [5.41, 5.74) is -5.54. The zero-order valence-corrected chi connectivity index (χ0v) is 11.8. The Morgan fingerprint density at radius 2 is 1.75 bits per heavy atom. The second-order valence-corrected chi connectivity index (χ2v) is 7.29. The van der Waals surface area contributed by atoms with Crippen LogP contribution in [-0.2, 0) is 9.84 Å². The van der Waals surface area contributed by atoms with Crippen LogP contribution in [0, 0.1) is 5.82 Å². The molecule has 2 rings (SSSR count). The molecule has 0 N–H and O–H groups in total. The highest BCUT2D eigenvalue weighted by Crippen LogP contribution is 2.36. The molecule has 1 aromatic carbocycles. The van der Waals surface area contributed by atoms with Gasteiger partial charge in [0.05, 0.1) is 5.69 Å². The van der Waals surface area contributed by atoms with Crippen molar-refractivity contribution in [1.82, 2.24) is 0 Å². The second-order valence-electron chi connectivity index (χ2n) is 4.16.